The number of aliphatic hydroxyl groups is 1. The summed E-state index contributed by atoms with van der Waals surface area (Å²) in [6.07, 6.45) is 3.26. The van der Waals surface area contributed by atoms with Gasteiger partial charge in [0.2, 0.25) is 10.0 Å². The number of pyridine rings is 1. The number of aliphatic hydroxyl groups excluding tert-OH is 1. The molecule has 8 heteroatoms. The van der Waals surface area contributed by atoms with Gasteiger partial charge in [0.15, 0.2) is 0 Å². The number of hydrogen-bond donors (Lipinski definition) is 2. The van der Waals surface area contributed by atoms with Crippen LogP contribution in [0, 0.1) is 0 Å². The van der Waals surface area contributed by atoms with Crippen LogP contribution in [0.5, 0.6) is 0 Å². The number of thioether (sulfide) groups is 1. The molecule has 1 heterocycles. The highest BCUT2D eigenvalue weighted by molar-refractivity contribution is 7.99. The Labute approximate surface area is 124 Å². The molecule has 0 spiro atoms. The molecule has 1 rings (SSSR count). The number of rotatable bonds is 7. The van der Waals surface area contributed by atoms with Gasteiger partial charge in [0.05, 0.1) is 6.61 Å². The first-order chi connectivity index (χ1) is 9.32. The van der Waals surface area contributed by atoms with E-state index >= 15 is 0 Å². The van der Waals surface area contributed by atoms with Gasteiger partial charge >= 0.3 is 0 Å². The highest BCUT2D eigenvalue weighted by Gasteiger charge is 2.18. The zero-order valence-corrected chi connectivity index (χ0v) is 13.7. The first-order valence-corrected chi connectivity index (χ1v) is 8.84. The molecule has 0 saturated carbocycles. The summed E-state index contributed by atoms with van der Waals surface area (Å²) < 4.78 is 24.9. The standard InChI is InChI=1S/C12H21N3O3S2/c1-9(11(8-16)19-4)14-12-6-5-10(7-13-12)20(17,18)15(2)3/h5-7,9,11,16H,8H2,1-4H3,(H,13,14). The average molecular weight is 319 g/mol. The van der Waals surface area contributed by atoms with Crippen molar-refractivity contribution in [2.75, 3.05) is 32.3 Å². The summed E-state index contributed by atoms with van der Waals surface area (Å²) in [4.78, 5) is 4.27. The van der Waals surface area contributed by atoms with Crippen LogP contribution in [-0.4, -0.2) is 61.1 Å². The van der Waals surface area contributed by atoms with Crippen molar-refractivity contribution in [3.63, 3.8) is 0 Å². The SMILES string of the molecule is CSC(CO)C(C)Nc1ccc(S(=O)(=O)N(C)C)cn1. The molecule has 0 aliphatic rings. The maximum absolute atomic E-state index is 11.9. The minimum Gasteiger partial charge on any atom is -0.395 e. The molecule has 20 heavy (non-hydrogen) atoms. The predicted molar refractivity (Wildman–Crippen MR) is 82.6 cm³/mol. The van der Waals surface area contributed by atoms with Crippen molar-refractivity contribution < 1.29 is 13.5 Å². The van der Waals surface area contributed by atoms with Gasteiger partial charge in [-0.25, -0.2) is 17.7 Å². The second-order valence-electron chi connectivity index (χ2n) is 4.56. The lowest BCUT2D eigenvalue weighted by atomic mass is 10.2. The van der Waals surface area contributed by atoms with Crippen LogP contribution in [0.3, 0.4) is 0 Å². The molecule has 0 saturated heterocycles. The summed E-state index contributed by atoms with van der Waals surface area (Å²) in [6, 6.07) is 3.17. The smallest absolute Gasteiger partial charge is 0.244 e. The second kappa shape index (κ2) is 7.26. The number of hydrogen-bond acceptors (Lipinski definition) is 6. The molecule has 2 N–H and O–H groups in total. The lowest BCUT2D eigenvalue weighted by Gasteiger charge is -2.21. The molecule has 2 atom stereocenters. The zero-order valence-electron chi connectivity index (χ0n) is 12.1. The van der Waals surface area contributed by atoms with Gasteiger partial charge in [-0.05, 0) is 25.3 Å². The predicted octanol–water partition coefficient (Wildman–Crippen LogP) is 0.856. The van der Waals surface area contributed by atoms with Crippen molar-refractivity contribution in [2.24, 2.45) is 0 Å². The summed E-state index contributed by atoms with van der Waals surface area (Å²) in [5.74, 6) is 0.586. The lowest BCUT2D eigenvalue weighted by molar-refractivity contribution is 0.288. The summed E-state index contributed by atoms with van der Waals surface area (Å²) in [6.45, 7) is 2.02. The molecule has 0 bridgehead atoms. The molecule has 0 fully saturated rings. The fourth-order valence-electron chi connectivity index (χ4n) is 1.59. The Kier molecular flexibility index (Phi) is 6.25. The van der Waals surface area contributed by atoms with Crippen molar-refractivity contribution in [3.8, 4) is 0 Å². The van der Waals surface area contributed by atoms with Crippen LogP contribution in [-0.2, 0) is 10.0 Å². The molecule has 0 amide bonds. The highest BCUT2D eigenvalue weighted by Crippen LogP contribution is 2.17. The minimum absolute atomic E-state index is 0.0267. The van der Waals surface area contributed by atoms with Crippen molar-refractivity contribution in [1.82, 2.24) is 9.29 Å². The number of nitrogens with zero attached hydrogens (tertiary/aromatic N) is 2. The normalized spacial score (nSPS) is 15.1. The van der Waals surface area contributed by atoms with Gasteiger partial charge in [0, 0.05) is 31.6 Å². The largest absolute Gasteiger partial charge is 0.395 e. The Morgan fingerprint density at radius 1 is 1.45 bits per heavy atom. The third-order valence-corrected chi connectivity index (χ3v) is 5.89. The Hall–Kier alpha value is -0.830. The molecular formula is C12H21N3O3S2. The van der Waals surface area contributed by atoms with Crippen LogP contribution < -0.4 is 5.32 Å². The van der Waals surface area contributed by atoms with Crippen molar-refractivity contribution in [3.05, 3.63) is 18.3 Å². The van der Waals surface area contributed by atoms with Gasteiger partial charge in [0.1, 0.15) is 10.7 Å². The monoisotopic (exact) mass is 319 g/mol. The Balaban J connectivity index is 2.83. The van der Waals surface area contributed by atoms with Gasteiger partial charge in [-0.15, -0.1) is 0 Å². The molecule has 0 aliphatic heterocycles. The Bertz CT molecular complexity index is 513. The van der Waals surface area contributed by atoms with E-state index < -0.39 is 10.0 Å². The topological polar surface area (TPSA) is 82.5 Å². The number of anilines is 1. The van der Waals surface area contributed by atoms with E-state index in [4.69, 9.17) is 0 Å². The fourth-order valence-corrected chi connectivity index (χ4v) is 3.06. The zero-order chi connectivity index (χ0) is 15.3. The maximum Gasteiger partial charge on any atom is 0.244 e. The average Bonchev–Trinajstić information content (AvgIpc) is 2.40. The van der Waals surface area contributed by atoms with E-state index in [-0.39, 0.29) is 22.8 Å². The number of sulfonamides is 1. The van der Waals surface area contributed by atoms with Crippen LogP contribution >= 0.6 is 11.8 Å². The van der Waals surface area contributed by atoms with Crippen LogP contribution in [0.15, 0.2) is 23.2 Å². The van der Waals surface area contributed by atoms with Gasteiger partial charge in [-0.3, -0.25) is 0 Å². The van der Waals surface area contributed by atoms with Crippen LogP contribution in [0.2, 0.25) is 0 Å². The van der Waals surface area contributed by atoms with E-state index in [1.807, 2.05) is 13.2 Å². The Morgan fingerprint density at radius 3 is 2.50 bits per heavy atom. The van der Waals surface area contributed by atoms with Gasteiger partial charge < -0.3 is 10.4 Å². The van der Waals surface area contributed by atoms with Crippen LogP contribution in [0.25, 0.3) is 0 Å². The van der Waals surface area contributed by atoms with E-state index in [1.54, 1.807) is 17.8 Å². The third kappa shape index (κ3) is 4.08. The molecule has 1 aromatic heterocycles. The highest BCUT2D eigenvalue weighted by atomic mass is 32.2. The molecule has 0 aliphatic carbocycles. The van der Waals surface area contributed by atoms with Gasteiger partial charge in [0.25, 0.3) is 0 Å². The van der Waals surface area contributed by atoms with Crippen molar-refractivity contribution in [2.45, 2.75) is 23.1 Å². The first-order valence-electron chi connectivity index (χ1n) is 6.11. The molecule has 1 aromatic rings. The van der Waals surface area contributed by atoms with E-state index in [0.717, 1.165) is 4.31 Å². The summed E-state index contributed by atoms with van der Waals surface area (Å²) >= 11 is 1.57. The molecule has 114 valence electrons. The number of nitrogens with one attached hydrogen (secondary N) is 1. The minimum atomic E-state index is -3.45. The summed E-state index contributed by atoms with van der Waals surface area (Å²) in [5.41, 5.74) is 0. The van der Waals surface area contributed by atoms with E-state index in [1.165, 1.54) is 26.4 Å². The quantitative estimate of drug-likeness (QED) is 0.775. The molecule has 0 aromatic carbocycles. The van der Waals surface area contributed by atoms with Gasteiger partial charge in [-0.2, -0.15) is 11.8 Å². The lowest BCUT2D eigenvalue weighted by Crippen LogP contribution is -2.31. The van der Waals surface area contributed by atoms with Crippen molar-refractivity contribution >= 4 is 27.6 Å². The summed E-state index contributed by atoms with van der Waals surface area (Å²) in [5, 5.41) is 12.4. The molecular weight excluding hydrogens is 298 g/mol. The molecule has 0 radical (unpaired) electrons. The fraction of sp³-hybridized carbons (Fsp3) is 0.583. The third-order valence-electron chi connectivity index (χ3n) is 2.93. The second-order valence-corrected chi connectivity index (χ2v) is 7.79. The van der Waals surface area contributed by atoms with E-state index in [2.05, 4.69) is 10.3 Å². The van der Waals surface area contributed by atoms with Crippen molar-refractivity contribution in [1.29, 1.82) is 0 Å². The van der Waals surface area contributed by atoms with Gasteiger partial charge in [-0.1, -0.05) is 0 Å². The Morgan fingerprint density at radius 2 is 2.10 bits per heavy atom. The van der Waals surface area contributed by atoms with Crippen LogP contribution in [0.1, 0.15) is 6.92 Å². The number of aromatic nitrogens is 1. The first kappa shape index (κ1) is 17.2. The maximum atomic E-state index is 11.9. The van der Waals surface area contributed by atoms with Crippen LogP contribution in [0.4, 0.5) is 5.82 Å². The van der Waals surface area contributed by atoms with E-state index in [9.17, 15) is 13.5 Å². The van der Waals surface area contributed by atoms with E-state index in [0.29, 0.717) is 5.82 Å². The summed E-state index contributed by atoms with van der Waals surface area (Å²) in [7, 11) is -0.489. The molecule has 2 unspecified atom stereocenters. The molecule has 6 nitrogen and oxygen atoms in total.